The third-order valence-electron chi connectivity index (χ3n) is 6.47. The molecule has 0 bridgehead atoms. The zero-order valence-electron chi connectivity index (χ0n) is 20.2. The number of carbonyl (C=O) groups is 2. The van der Waals surface area contributed by atoms with E-state index in [2.05, 4.69) is 10.4 Å². The van der Waals surface area contributed by atoms with E-state index in [1.807, 2.05) is 13.0 Å². The van der Waals surface area contributed by atoms with E-state index < -0.39 is 17.7 Å². The first-order chi connectivity index (χ1) is 18.2. The van der Waals surface area contributed by atoms with Crippen molar-refractivity contribution >= 4 is 28.9 Å². The van der Waals surface area contributed by atoms with Crippen LogP contribution in [0.5, 0.6) is 0 Å². The first kappa shape index (κ1) is 24.6. The smallest absolute Gasteiger partial charge is 0.298 e. The Balaban J connectivity index is 1.41. The van der Waals surface area contributed by atoms with Gasteiger partial charge in [-0.3, -0.25) is 14.3 Å². The number of nitrogen functional groups attached to an aromatic ring is 1. The fraction of sp³-hybridized carbons (Fsp3) is 0.143. The third-order valence-corrected chi connectivity index (χ3v) is 6.47. The van der Waals surface area contributed by atoms with Crippen LogP contribution in [0, 0.1) is 11.3 Å². The number of rotatable bonds is 5. The van der Waals surface area contributed by atoms with Gasteiger partial charge in [0.1, 0.15) is 11.8 Å². The highest BCUT2D eigenvalue weighted by Crippen LogP contribution is 2.37. The number of halogens is 2. The molecule has 2 heterocycles. The summed E-state index contributed by atoms with van der Waals surface area (Å²) < 4.78 is 31.5. The number of carbonyl (C=O) groups excluding carboxylic acids is 2. The van der Waals surface area contributed by atoms with Crippen LogP contribution >= 0.6 is 0 Å². The highest BCUT2D eigenvalue weighted by atomic mass is 19.3. The molecule has 0 saturated heterocycles. The number of benzene rings is 3. The molecule has 5 rings (SSSR count). The van der Waals surface area contributed by atoms with Gasteiger partial charge in [-0.1, -0.05) is 42.5 Å². The zero-order valence-corrected chi connectivity index (χ0v) is 20.2. The third kappa shape index (κ3) is 4.24. The molecule has 0 spiro atoms. The molecule has 1 aliphatic heterocycles. The van der Waals surface area contributed by atoms with Gasteiger partial charge < -0.3 is 16.0 Å². The van der Waals surface area contributed by atoms with Crippen molar-refractivity contribution in [3.63, 3.8) is 0 Å². The Morgan fingerprint density at radius 3 is 2.47 bits per heavy atom. The fourth-order valence-corrected chi connectivity index (χ4v) is 4.49. The molecule has 4 aromatic rings. The molecule has 3 N–H and O–H groups in total. The van der Waals surface area contributed by atoms with E-state index in [0.29, 0.717) is 12.2 Å². The Labute approximate surface area is 216 Å². The fourth-order valence-electron chi connectivity index (χ4n) is 4.49. The lowest BCUT2D eigenvalue weighted by Gasteiger charge is -2.34. The van der Waals surface area contributed by atoms with Crippen LogP contribution < -0.4 is 16.0 Å². The van der Waals surface area contributed by atoms with Crippen molar-refractivity contribution in [3.05, 3.63) is 107 Å². The number of alkyl halides is 2. The van der Waals surface area contributed by atoms with Crippen molar-refractivity contribution in [2.45, 2.75) is 25.4 Å². The Kier molecular flexibility index (Phi) is 6.12. The van der Waals surface area contributed by atoms with E-state index in [9.17, 15) is 23.6 Å². The normalized spacial score (nSPS) is 15.1. The van der Waals surface area contributed by atoms with E-state index in [1.54, 1.807) is 18.2 Å². The van der Waals surface area contributed by atoms with Gasteiger partial charge in [0.25, 0.3) is 17.7 Å². The summed E-state index contributed by atoms with van der Waals surface area (Å²) in [4.78, 5) is 27.9. The van der Waals surface area contributed by atoms with Crippen LogP contribution in [0.1, 0.15) is 44.5 Å². The van der Waals surface area contributed by atoms with Crippen molar-refractivity contribution < 1.29 is 18.4 Å². The van der Waals surface area contributed by atoms with Crippen LogP contribution in [0.25, 0.3) is 0 Å². The van der Waals surface area contributed by atoms with Gasteiger partial charge >= 0.3 is 0 Å². The van der Waals surface area contributed by atoms with Crippen molar-refractivity contribution in [3.8, 4) is 6.07 Å². The van der Waals surface area contributed by atoms with Gasteiger partial charge in [0.05, 0.1) is 30.0 Å². The van der Waals surface area contributed by atoms with Crippen LogP contribution in [0.3, 0.4) is 0 Å². The maximum absolute atomic E-state index is 15.0. The van der Waals surface area contributed by atoms with E-state index in [1.165, 1.54) is 70.4 Å². The van der Waals surface area contributed by atoms with Gasteiger partial charge in [-0.05, 0) is 37.3 Å². The van der Waals surface area contributed by atoms with Crippen LogP contribution in [-0.4, -0.2) is 27.6 Å². The molecular formula is C28H22F2N6O2. The van der Waals surface area contributed by atoms with Crippen LogP contribution in [0.2, 0.25) is 0 Å². The largest absolute Gasteiger partial charge is 0.398 e. The molecule has 1 aromatic heterocycles. The maximum Gasteiger partial charge on any atom is 0.298 e. The molecular weight excluding hydrogens is 490 g/mol. The molecule has 8 nitrogen and oxygen atoms in total. The summed E-state index contributed by atoms with van der Waals surface area (Å²) in [5.74, 6) is -4.17. The van der Waals surface area contributed by atoms with Crippen LogP contribution in [-0.2, 0) is 12.5 Å². The number of fused-ring (bicyclic) bond motifs is 1. The SMILES string of the molecule is CC1Cn2ncc(NC(=O)c3ccc(N)c(C#N)c3)c2C(=O)N1c1ccc(C(F)(F)c2ccccc2)cc1. The molecule has 1 unspecified atom stereocenters. The van der Waals surface area contributed by atoms with Crippen molar-refractivity contribution in [2.24, 2.45) is 0 Å². The molecule has 38 heavy (non-hydrogen) atoms. The van der Waals surface area contributed by atoms with Crippen molar-refractivity contribution in [1.29, 1.82) is 5.26 Å². The van der Waals surface area contributed by atoms with E-state index >= 15 is 0 Å². The Morgan fingerprint density at radius 2 is 1.79 bits per heavy atom. The second-order valence-corrected chi connectivity index (χ2v) is 8.97. The topological polar surface area (TPSA) is 117 Å². The number of nitriles is 1. The molecule has 0 saturated carbocycles. The van der Waals surface area contributed by atoms with Gasteiger partial charge in [-0.2, -0.15) is 19.1 Å². The van der Waals surface area contributed by atoms with Gasteiger partial charge in [0, 0.05) is 28.1 Å². The molecule has 1 aliphatic rings. The lowest BCUT2D eigenvalue weighted by molar-refractivity contribution is 0.0428. The monoisotopic (exact) mass is 512 g/mol. The molecule has 2 amide bonds. The molecule has 0 aliphatic carbocycles. The van der Waals surface area contributed by atoms with Crippen molar-refractivity contribution in [2.75, 3.05) is 16.0 Å². The standard InChI is InChI=1S/C28H22F2N6O2/c1-17-16-35-25(24(15-33-35)34-26(37)18-7-12-23(32)19(13-18)14-31)27(38)36(17)22-10-8-21(9-11-22)28(29,30)20-5-3-2-4-6-20/h2-13,15,17H,16,32H2,1H3,(H,34,37). The van der Waals surface area contributed by atoms with Crippen LogP contribution in [0.4, 0.5) is 25.8 Å². The second-order valence-electron chi connectivity index (χ2n) is 8.97. The number of nitrogens with two attached hydrogens (primary N) is 1. The summed E-state index contributed by atoms with van der Waals surface area (Å²) in [5.41, 5.74) is 6.81. The quantitative estimate of drug-likeness (QED) is 0.373. The summed E-state index contributed by atoms with van der Waals surface area (Å²) in [7, 11) is 0. The van der Waals surface area contributed by atoms with E-state index in [4.69, 9.17) is 5.73 Å². The van der Waals surface area contributed by atoms with Crippen molar-refractivity contribution in [1.82, 2.24) is 9.78 Å². The maximum atomic E-state index is 15.0. The number of nitrogens with zero attached hydrogens (tertiary/aromatic N) is 4. The highest BCUT2D eigenvalue weighted by molar-refractivity contribution is 6.13. The Bertz CT molecular complexity index is 1580. The Hall–Kier alpha value is -5.04. The van der Waals surface area contributed by atoms with E-state index in [0.717, 1.165) is 0 Å². The summed E-state index contributed by atoms with van der Waals surface area (Å²) in [6.45, 7) is 2.16. The summed E-state index contributed by atoms with van der Waals surface area (Å²) in [6.07, 6.45) is 1.38. The number of anilines is 3. The zero-order chi connectivity index (χ0) is 27.0. The number of amides is 2. The second kappa shape index (κ2) is 9.44. The highest BCUT2D eigenvalue weighted by Gasteiger charge is 2.37. The number of aromatic nitrogens is 2. The van der Waals surface area contributed by atoms with Gasteiger partial charge in [-0.15, -0.1) is 0 Å². The van der Waals surface area contributed by atoms with Gasteiger partial charge in [-0.25, -0.2) is 0 Å². The average Bonchev–Trinajstić information content (AvgIpc) is 3.32. The molecule has 190 valence electrons. The van der Waals surface area contributed by atoms with Crippen LogP contribution in [0.15, 0.2) is 79.0 Å². The lowest BCUT2D eigenvalue weighted by Crippen LogP contribution is -2.47. The van der Waals surface area contributed by atoms with Gasteiger partial charge in [0.15, 0.2) is 0 Å². The minimum atomic E-state index is -3.19. The van der Waals surface area contributed by atoms with E-state index in [-0.39, 0.29) is 45.4 Å². The predicted molar refractivity (Wildman–Crippen MR) is 138 cm³/mol. The molecule has 0 fully saturated rings. The summed E-state index contributed by atoms with van der Waals surface area (Å²) >= 11 is 0. The molecule has 3 aromatic carbocycles. The summed E-state index contributed by atoms with van der Waals surface area (Å²) in [5, 5.41) is 16.1. The minimum Gasteiger partial charge on any atom is -0.398 e. The Morgan fingerprint density at radius 1 is 1.11 bits per heavy atom. The first-order valence-electron chi connectivity index (χ1n) is 11.7. The van der Waals surface area contributed by atoms with Gasteiger partial charge in [0.2, 0.25) is 0 Å². The first-order valence-corrected chi connectivity index (χ1v) is 11.7. The average molecular weight is 513 g/mol. The number of hydrogen-bond donors (Lipinski definition) is 2. The molecule has 1 atom stereocenters. The summed E-state index contributed by atoms with van der Waals surface area (Å²) in [6, 6.07) is 19.0. The minimum absolute atomic E-state index is 0.123. The lowest BCUT2D eigenvalue weighted by atomic mass is 9.99. The molecule has 10 heteroatoms. The predicted octanol–water partition coefficient (Wildman–Crippen LogP) is 4.78. The number of hydrogen-bond acceptors (Lipinski definition) is 5. The number of nitrogens with one attached hydrogen (secondary N) is 1. The molecule has 0 radical (unpaired) electrons.